The molecule has 96 valence electrons. The van der Waals surface area contributed by atoms with Crippen LogP contribution in [0.25, 0.3) is 0 Å². The lowest BCUT2D eigenvalue weighted by atomic mass is 10.1. The molecule has 4 nitrogen and oxygen atoms in total. The molecule has 1 heterocycles. The molecule has 0 unspecified atom stereocenters. The van der Waals surface area contributed by atoms with Crippen LogP contribution in [0.5, 0.6) is 0 Å². The Balaban J connectivity index is 2.18. The number of anilines is 1. The van der Waals surface area contributed by atoms with E-state index in [1.807, 2.05) is 24.0 Å². The quantitative estimate of drug-likeness (QED) is 0.868. The minimum absolute atomic E-state index is 0.674. The molecule has 0 saturated carbocycles. The van der Waals surface area contributed by atoms with Gasteiger partial charge >= 0.3 is 0 Å². The van der Waals surface area contributed by atoms with Gasteiger partial charge in [-0.05, 0) is 24.6 Å². The van der Waals surface area contributed by atoms with Crippen molar-refractivity contribution in [3.05, 3.63) is 48.0 Å². The third-order valence-electron chi connectivity index (χ3n) is 3.12. The summed E-state index contributed by atoms with van der Waals surface area (Å²) in [4.78, 5) is 6.57. The minimum atomic E-state index is 0.674. The molecule has 0 aliphatic heterocycles. The van der Waals surface area contributed by atoms with E-state index in [1.165, 1.54) is 11.3 Å². The molecule has 2 rings (SSSR count). The van der Waals surface area contributed by atoms with Crippen molar-refractivity contribution >= 4 is 5.69 Å². The summed E-state index contributed by atoms with van der Waals surface area (Å²) in [5, 5.41) is 0. The summed E-state index contributed by atoms with van der Waals surface area (Å²) in [6, 6.07) is 8.39. The van der Waals surface area contributed by atoms with Gasteiger partial charge in [-0.25, -0.2) is 4.98 Å². The van der Waals surface area contributed by atoms with Crippen LogP contribution >= 0.6 is 0 Å². The molecule has 0 saturated heterocycles. The van der Waals surface area contributed by atoms with Gasteiger partial charge in [0.2, 0.25) is 0 Å². The van der Waals surface area contributed by atoms with E-state index in [-0.39, 0.29) is 0 Å². The van der Waals surface area contributed by atoms with E-state index in [9.17, 15) is 0 Å². The van der Waals surface area contributed by atoms with E-state index in [4.69, 9.17) is 5.73 Å². The number of nitrogens with zero attached hydrogens (tertiary/aromatic N) is 3. The number of hydrogen-bond donors (Lipinski definition) is 1. The zero-order chi connectivity index (χ0) is 13.0. The Morgan fingerprint density at radius 3 is 2.78 bits per heavy atom. The molecular formula is C14H20N4. The molecule has 1 aromatic heterocycles. The van der Waals surface area contributed by atoms with Crippen LogP contribution in [0.4, 0.5) is 5.69 Å². The highest BCUT2D eigenvalue weighted by molar-refractivity contribution is 5.53. The average molecular weight is 244 g/mol. The van der Waals surface area contributed by atoms with Crippen molar-refractivity contribution in [2.24, 2.45) is 12.8 Å². The van der Waals surface area contributed by atoms with Gasteiger partial charge in [0.1, 0.15) is 5.82 Å². The van der Waals surface area contributed by atoms with Crippen molar-refractivity contribution in [2.45, 2.75) is 13.0 Å². The summed E-state index contributed by atoms with van der Waals surface area (Å²) in [5.41, 5.74) is 8.17. The van der Waals surface area contributed by atoms with E-state index in [0.717, 1.165) is 18.8 Å². The Hall–Kier alpha value is -1.81. The second kappa shape index (κ2) is 5.69. The lowest BCUT2D eigenvalue weighted by Crippen LogP contribution is -2.21. The van der Waals surface area contributed by atoms with Crippen LogP contribution in [0.1, 0.15) is 11.4 Å². The summed E-state index contributed by atoms with van der Waals surface area (Å²) in [6.45, 7) is 1.47. The van der Waals surface area contributed by atoms with Gasteiger partial charge < -0.3 is 15.2 Å². The lowest BCUT2D eigenvalue weighted by molar-refractivity contribution is 0.758. The Bertz CT molecular complexity index is 504. The van der Waals surface area contributed by atoms with Crippen LogP contribution in [0.15, 0.2) is 36.7 Å². The van der Waals surface area contributed by atoms with Crippen molar-refractivity contribution in [3.63, 3.8) is 0 Å². The highest BCUT2D eigenvalue weighted by atomic mass is 15.2. The molecule has 0 radical (unpaired) electrons. The van der Waals surface area contributed by atoms with Crippen LogP contribution in [0, 0.1) is 0 Å². The second-order valence-corrected chi connectivity index (χ2v) is 4.48. The lowest BCUT2D eigenvalue weighted by Gasteiger charge is -2.22. The van der Waals surface area contributed by atoms with Crippen LogP contribution in [-0.4, -0.2) is 23.1 Å². The number of rotatable bonds is 5. The molecular weight excluding hydrogens is 224 g/mol. The van der Waals surface area contributed by atoms with E-state index in [1.54, 1.807) is 0 Å². The molecule has 0 bridgehead atoms. The summed E-state index contributed by atoms with van der Waals surface area (Å²) in [6.07, 6.45) is 4.70. The number of imidazole rings is 1. The Morgan fingerprint density at radius 2 is 2.11 bits per heavy atom. The largest absolute Gasteiger partial charge is 0.367 e. The fourth-order valence-corrected chi connectivity index (χ4v) is 2.10. The van der Waals surface area contributed by atoms with Crippen LogP contribution in [-0.2, 0) is 20.0 Å². The first-order valence-corrected chi connectivity index (χ1v) is 6.17. The molecule has 0 spiro atoms. The van der Waals surface area contributed by atoms with Crippen molar-refractivity contribution < 1.29 is 0 Å². The first kappa shape index (κ1) is 12.6. The molecule has 4 heteroatoms. The van der Waals surface area contributed by atoms with Crippen molar-refractivity contribution in [2.75, 3.05) is 18.5 Å². The minimum Gasteiger partial charge on any atom is -0.367 e. The average Bonchev–Trinajstić information content (AvgIpc) is 2.76. The number of nitrogens with two attached hydrogens (primary N) is 1. The van der Waals surface area contributed by atoms with Crippen molar-refractivity contribution in [1.29, 1.82) is 0 Å². The van der Waals surface area contributed by atoms with Crippen LogP contribution in [0.2, 0.25) is 0 Å². The van der Waals surface area contributed by atoms with Crippen molar-refractivity contribution in [3.8, 4) is 0 Å². The molecule has 18 heavy (non-hydrogen) atoms. The summed E-state index contributed by atoms with van der Waals surface area (Å²) in [5.74, 6) is 1.06. The summed E-state index contributed by atoms with van der Waals surface area (Å²) in [7, 11) is 4.10. The van der Waals surface area contributed by atoms with Gasteiger partial charge in [-0.2, -0.15) is 0 Å². The van der Waals surface area contributed by atoms with Gasteiger partial charge in [0.05, 0.1) is 6.54 Å². The predicted octanol–water partition coefficient (Wildman–Crippen LogP) is 1.56. The van der Waals surface area contributed by atoms with Crippen molar-refractivity contribution in [1.82, 2.24) is 9.55 Å². The van der Waals surface area contributed by atoms with Gasteiger partial charge in [-0.15, -0.1) is 0 Å². The van der Waals surface area contributed by atoms with Crippen LogP contribution in [0.3, 0.4) is 0 Å². The van der Waals surface area contributed by atoms with Gasteiger partial charge in [-0.3, -0.25) is 0 Å². The second-order valence-electron chi connectivity index (χ2n) is 4.48. The smallest absolute Gasteiger partial charge is 0.127 e. The van der Waals surface area contributed by atoms with Gasteiger partial charge in [-0.1, -0.05) is 18.2 Å². The number of para-hydroxylation sites is 1. The molecule has 2 aromatic rings. The fraction of sp³-hybridized carbons (Fsp3) is 0.357. The summed E-state index contributed by atoms with van der Waals surface area (Å²) >= 11 is 0. The van der Waals surface area contributed by atoms with Gasteiger partial charge in [0.25, 0.3) is 0 Å². The van der Waals surface area contributed by atoms with E-state index < -0.39 is 0 Å². The standard InChI is InChI=1S/C14H20N4/c1-17-10-9-16-14(17)11-18(2)13-6-4-3-5-12(13)7-8-15/h3-6,9-10H,7-8,11,15H2,1-2H3. The zero-order valence-corrected chi connectivity index (χ0v) is 11.0. The molecule has 0 aliphatic carbocycles. The van der Waals surface area contributed by atoms with Crippen LogP contribution < -0.4 is 10.6 Å². The van der Waals surface area contributed by atoms with Gasteiger partial charge in [0, 0.05) is 32.2 Å². The SMILES string of the molecule is CN(Cc1nccn1C)c1ccccc1CCN. The number of hydrogen-bond acceptors (Lipinski definition) is 3. The normalized spacial score (nSPS) is 10.6. The van der Waals surface area contributed by atoms with E-state index >= 15 is 0 Å². The summed E-state index contributed by atoms with van der Waals surface area (Å²) < 4.78 is 2.04. The maximum absolute atomic E-state index is 5.65. The van der Waals surface area contributed by atoms with E-state index in [0.29, 0.717) is 6.54 Å². The van der Waals surface area contributed by atoms with E-state index in [2.05, 4.69) is 41.2 Å². The molecule has 0 aliphatic rings. The molecule has 0 atom stereocenters. The monoisotopic (exact) mass is 244 g/mol. The Morgan fingerprint density at radius 1 is 1.33 bits per heavy atom. The number of aromatic nitrogens is 2. The maximum atomic E-state index is 5.65. The molecule has 1 aromatic carbocycles. The Labute approximate surface area is 108 Å². The maximum Gasteiger partial charge on any atom is 0.127 e. The molecule has 2 N–H and O–H groups in total. The molecule has 0 fully saturated rings. The Kier molecular flexibility index (Phi) is 3.99. The third-order valence-corrected chi connectivity index (χ3v) is 3.12. The fourth-order valence-electron chi connectivity index (χ4n) is 2.10. The number of aryl methyl sites for hydroxylation is 1. The topological polar surface area (TPSA) is 47.1 Å². The molecule has 0 amide bonds. The first-order chi connectivity index (χ1) is 8.72. The highest BCUT2D eigenvalue weighted by Gasteiger charge is 2.09. The van der Waals surface area contributed by atoms with Gasteiger partial charge in [0.15, 0.2) is 0 Å². The first-order valence-electron chi connectivity index (χ1n) is 6.17. The number of benzene rings is 1. The highest BCUT2D eigenvalue weighted by Crippen LogP contribution is 2.20. The third kappa shape index (κ3) is 2.71. The predicted molar refractivity (Wildman–Crippen MR) is 74.5 cm³/mol. The zero-order valence-electron chi connectivity index (χ0n) is 11.0.